The first-order valence-corrected chi connectivity index (χ1v) is 11.7. The molecule has 3 aromatic rings. The van der Waals surface area contributed by atoms with E-state index in [1.165, 1.54) is 28.3 Å². The van der Waals surface area contributed by atoms with E-state index in [-0.39, 0.29) is 17.4 Å². The van der Waals surface area contributed by atoms with Crippen LogP contribution in [0.3, 0.4) is 0 Å². The van der Waals surface area contributed by atoms with Crippen LogP contribution in [0.2, 0.25) is 0 Å². The molecule has 0 aliphatic carbocycles. The number of hydrogen-bond donors (Lipinski definition) is 2. The fraction of sp³-hybridized carbons (Fsp3) is 0.227. The largest absolute Gasteiger partial charge is 0.293 e. The normalized spacial score (nSPS) is 12.1. The van der Waals surface area contributed by atoms with E-state index in [2.05, 4.69) is 39.9 Å². The molecule has 1 atom stereocenters. The number of rotatable bonds is 9. The number of hydrazine groups is 1. The molecule has 0 radical (unpaired) electrons. The van der Waals surface area contributed by atoms with Crippen LogP contribution in [-0.4, -0.2) is 29.9 Å². The van der Waals surface area contributed by atoms with Crippen molar-refractivity contribution in [2.45, 2.75) is 31.1 Å². The maximum atomic E-state index is 13.0. The average molecular weight is 456 g/mol. The third kappa shape index (κ3) is 5.77. The Labute approximate surface area is 188 Å². The quantitative estimate of drug-likeness (QED) is 0.370. The zero-order valence-corrected chi connectivity index (χ0v) is 19.0. The Morgan fingerprint density at radius 2 is 1.87 bits per heavy atom. The summed E-state index contributed by atoms with van der Waals surface area (Å²) in [6.45, 7) is 4.17. The summed E-state index contributed by atoms with van der Waals surface area (Å²) in [6, 6.07) is 16.7. The molecule has 0 unspecified atom stereocenters. The van der Waals surface area contributed by atoms with Gasteiger partial charge in [0.25, 0.3) is 10.0 Å². The van der Waals surface area contributed by atoms with Crippen molar-refractivity contribution in [3.8, 4) is 0 Å². The first kappa shape index (κ1) is 22.6. The Bertz CT molecular complexity index is 1090. The second-order valence-corrected chi connectivity index (χ2v) is 9.30. The molecular formula is C22H25N5O2S2. The van der Waals surface area contributed by atoms with Gasteiger partial charge >= 0.3 is 0 Å². The van der Waals surface area contributed by atoms with Crippen molar-refractivity contribution >= 4 is 38.7 Å². The van der Waals surface area contributed by atoms with Crippen molar-refractivity contribution in [1.82, 2.24) is 15.4 Å². The smallest absolute Gasteiger partial charge is 0.265 e. The van der Waals surface area contributed by atoms with Gasteiger partial charge in [-0.1, -0.05) is 49.5 Å². The second-order valence-electron chi connectivity index (χ2n) is 6.95. The van der Waals surface area contributed by atoms with Gasteiger partial charge in [-0.25, -0.2) is 13.4 Å². The minimum atomic E-state index is -3.74. The van der Waals surface area contributed by atoms with Gasteiger partial charge in [-0.05, 0) is 42.7 Å². The lowest BCUT2D eigenvalue weighted by atomic mass is 9.98. The molecule has 162 valence electrons. The van der Waals surface area contributed by atoms with E-state index in [0.29, 0.717) is 22.9 Å². The van der Waals surface area contributed by atoms with Gasteiger partial charge in [-0.2, -0.15) is 0 Å². The van der Waals surface area contributed by atoms with Crippen LogP contribution in [0.4, 0.5) is 11.5 Å². The molecule has 0 amide bonds. The van der Waals surface area contributed by atoms with Gasteiger partial charge in [-0.15, -0.1) is 0 Å². The number of benzene rings is 1. The summed E-state index contributed by atoms with van der Waals surface area (Å²) in [7, 11) is -3.74. The summed E-state index contributed by atoms with van der Waals surface area (Å²) in [5.74, 6) is 0.745. The number of anilines is 2. The van der Waals surface area contributed by atoms with Crippen molar-refractivity contribution in [2.24, 2.45) is 0 Å². The Balaban J connectivity index is 1.61. The first-order chi connectivity index (χ1) is 14.9. The predicted molar refractivity (Wildman–Crippen MR) is 128 cm³/mol. The highest BCUT2D eigenvalue weighted by Crippen LogP contribution is 2.23. The van der Waals surface area contributed by atoms with Crippen molar-refractivity contribution in [1.29, 1.82) is 0 Å². The summed E-state index contributed by atoms with van der Waals surface area (Å²) < 4.78 is 27.3. The fourth-order valence-corrected chi connectivity index (χ4v) is 4.80. The van der Waals surface area contributed by atoms with Gasteiger partial charge < -0.3 is 0 Å². The predicted octanol–water partition coefficient (Wildman–Crippen LogP) is 4.13. The van der Waals surface area contributed by atoms with Crippen LogP contribution in [-0.2, 0) is 10.0 Å². The molecule has 0 fully saturated rings. The van der Waals surface area contributed by atoms with E-state index in [1.54, 1.807) is 31.3 Å². The van der Waals surface area contributed by atoms with Crippen LogP contribution in [0.25, 0.3) is 0 Å². The maximum Gasteiger partial charge on any atom is 0.265 e. The van der Waals surface area contributed by atoms with Crippen molar-refractivity contribution in [2.75, 3.05) is 16.3 Å². The van der Waals surface area contributed by atoms with Crippen LogP contribution in [0.15, 0.2) is 78.1 Å². The second kappa shape index (κ2) is 10.3. The molecular weight excluding hydrogens is 430 g/mol. The zero-order valence-electron chi connectivity index (χ0n) is 17.4. The maximum absolute atomic E-state index is 13.0. The molecule has 2 heterocycles. The van der Waals surface area contributed by atoms with Crippen LogP contribution < -0.4 is 15.2 Å². The molecule has 0 saturated carbocycles. The topological polar surface area (TPSA) is 87.2 Å². The van der Waals surface area contributed by atoms with Crippen LogP contribution in [0.1, 0.15) is 31.7 Å². The average Bonchev–Trinajstić information content (AvgIpc) is 2.79. The number of sulfonamides is 1. The molecule has 1 aromatic carbocycles. The molecule has 0 bridgehead atoms. The Kier molecular flexibility index (Phi) is 7.54. The van der Waals surface area contributed by atoms with Gasteiger partial charge in [0, 0.05) is 25.4 Å². The molecule has 0 spiro atoms. The summed E-state index contributed by atoms with van der Waals surface area (Å²) in [5, 5.41) is 0. The highest BCUT2D eigenvalue weighted by molar-refractivity contribution is 7.92. The Morgan fingerprint density at radius 1 is 1.10 bits per heavy atom. The summed E-state index contributed by atoms with van der Waals surface area (Å²) >= 11 is 5.41. The van der Waals surface area contributed by atoms with Gasteiger partial charge in [0.2, 0.25) is 0 Å². The van der Waals surface area contributed by atoms with Gasteiger partial charge in [0.15, 0.2) is 0 Å². The monoisotopic (exact) mass is 455 g/mol. The SMILES string of the molecule is CCN(c1cccnc1)S(=O)(=O)c1ccc(NNC(=S)C[C@H](C)c2ccccc2)nc1. The lowest BCUT2D eigenvalue weighted by Gasteiger charge is -2.22. The Hall–Kier alpha value is -3.04. The Morgan fingerprint density at radius 3 is 2.48 bits per heavy atom. The number of pyridine rings is 2. The van der Waals surface area contributed by atoms with Gasteiger partial charge in [0.05, 0.1) is 16.9 Å². The first-order valence-electron chi connectivity index (χ1n) is 9.90. The standard InChI is InChI=1S/C22H25N5O2S2/c1-3-27(19-10-7-13-23-15-19)31(28,29)20-11-12-21(24-16-20)25-26-22(30)14-17(2)18-8-5-4-6-9-18/h4-13,15-17H,3,14H2,1-2H3,(H,24,25)(H,26,30)/t17-/m0/s1. The number of thiocarbonyl (C=S) groups is 1. The lowest BCUT2D eigenvalue weighted by molar-refractivity contribution is 0.591. The molecule has 0 aliphatic heterocycles. The molecule has 0 aliphatic rings. The molecule has 3 rings (SSSR count). The van der Waals surface area contributed by atoms with Gasteiger partial charge in [0.1, 0.15) is 10.7 Å². The third-order valence-electron chi connectivity index (χ3n) is 4.74. The number of hydrogen-bond acceptors (Lipinski definition) is 6. The minimum absolute atomic E-state index is 0.101. The molecule has 9 heteroatoms. The van der Waals surface area contributed by atoms with E-state index < -0.39 is 10.0 Å². The van der Waals surface area contributed by atoms with E-state index in [1.807, 2.05) is 18.2 Å². The van der Waals surface area contributed by atoms with E-state index in [9.17, 15) is 8.42 Å². The molecule has 31 heavy (non-hydrogen) atoms. The van der Waals surface area contributed by atoms with E-state index in [0.717, 1.165) is 0 Å². The highest BCUT2D eigenvalue weighted by atomic mass is 32.2. The van der Waals surface area contributed by atoms with Crippen LogP contribution in [0, 0.1) is 0 Å². The molecule has 7 nitrogen and oxygen atoms in total. The molecule has 2 aromatic heterocycles. The molecule has 2 N–H and O–H groups in total. The van der Waals surface area contributed by atoms with Crippen molar-refractivity contribution < 1.29 is 8.42 Å². The van der Waals surface area contributed by atoms with E-state index >= 15 is 0 Å². The summed E-state index contributed by atoms with van der Waals surface area (Å²) in [4.78, 5) is 8.96. The van der Waals surface area contributed by atoms with E-state index in [4.69, 9.17) is 12.2 Å². The number of nitrogens with one attached hydrogen (secondary N) is 2. The number of nitrogens with zero attached hydrogens (tertiary/aromatic N) is 3. The molecule has 0 saturated heterocycles. The van der Waals surface area contributed by atoms with Crippen molar-refractivity contribution in [3.63, 3.8) is 0 Å². The van der Waals surface area contributed by atoms with Gasteiger partial charge in [-0.3, -0.25) is 20.1 Å². The van der Waals surface area contributed by atoms with Crippen LogP contribution in [0.5, 0.6) is 0 Å². The fourth-order valence-electron chi connectivity index (χ4n) is 3.09. The summed E-state index contributed by atoms with van der Waals surface area (Å²) in [6.07, 6.45) is 5.12. The zero-order chi connectivity index (χ0) is 22.3. The number of aromatic nitrogens is 2. The third-order valence-corrected chi connectivity index (χ3v) is 6.89. The minimum Gasteiger partial charge on any atom is -0.293 e. The lowest BCUT2D eigenvalue weighted by Crippen LogP contribution is -2.31. The van der Waals surface area contributed by atoms with Crippen molar-refractivity contribution in [3.05, 3.63) is 78.8 Å². The highest BCUT2D eigenvalue weighted by Gasteiger charge is 2.24. The van der Waals surface area contributed by atoms with Crippen LogP contribution >= 0.6 is 12.2 Å². The summed E-state index contributed by atoms with van der Waals surface area (Å²) in [5.41, 5.74) is 7.62.